The molecule has 0 aliphatic carbocycles. The van der Waals surface area contributed by atoms with Crippen molar-refractivity contribution in [3.63, 3.8) is 0 Å². The van der Waals surface area contributed by atoms with E-state index in [2.05, 4.69) is 69.0 Å². The molecule has 33 heavy (non-hydrogen) atoms. The maximum absolute atomic E-state index is 13.6. The van der Waals surface area contributed by atoms with E-state index in [1.54, 1.807) is 18.3 Å². The van der Waals surface area contributed by atoms with Gasteiger partial charge >= 0.3 is 0 Å². The Labute approximate surface area is 194 Å². The maximum Gasteiger partial charge on any atom is 0.223 e. The third-order valence-corrected chi connectivity index (χ3v) is 5.51. The molecular formula is C26H31FN6. The summed E-state index contributed by atoms with van der Waals surface area (Å²) < 4.78 is 15.7. The second-order valence-electron chi connectivity index (χ2n) is 9.73. The summed E-state index contributed by atoms with van der Waals surface area (Å²) in [4.78, 5) is 16.4. The lowest BCUT2D eigenvalue weighted by atomic mass is 10.1. The Morgan fingerprint density at radius 3 is 2.45 bits per heavy atom. The molecule has 3 aromatic heterocycles. The lowest BCUT2D eigenvalue weighted by Gasteiger charge is -2.21. The van der Waals surface area contributed by atoms with Gasteiger partial charge in [-0.1, -0.05) is 0 Å². The molecule has 1 N–H and O–H groups in total. The van der Waals surface area contributed by atoms with Crippen LogP contribution >= 0.6 is 0 Å². The lowest BCUT2D eigenvalue weighted by molar-refractivity contribution is 0.266. The molecule has 0 amide bonds. The van der Waals surface area contributed by atoms with E-state index >= 15 is 0 Å². The maximum atomic E-state index is 13.6. The average molecular weight is 447 g/mol. The molecule has 0 spiro atoms. The molecule has 0 saturated carbocycles. The van der Waals surface area contributed by atoms with Crippen LogP contribution in [0.1, 0.15) is 40.2 Å². The second-order valence-corrected chi connectivity index (χ2v) is 9.73. The number of pyridine rings is 1. The van der Waals surface area contributed by atoms with Gasteiger partial charge in [-0.05, 0) is 89.7 Å². The summed E-state index contributed by atoms with van der Waals surface area (Å²) in [6.07, 6.45) is 3.78. The van der Waals surface area contributed by atoms with Crippen LogP contribution in [0.3, 0.4) is 0 Å². The Morgan fingerprint density at radius 2 is 1.79 bits per heavy atom. The van der Waals surface area contributed by atoms with Crippen molar-refractivity contribution in [2.75, 3.05) is 12.4 Å². The highest BCUT2D eigenvalue weighted by molar-refractivity contribution is 5.80. The number of rotatable bonds is 6. The third kappa shape index (κ3) is 5.20. The molecule has 3 heterocycles. The van der Waals surface area contributed by atoms with Gasteiger partial charge in [0.1, 0.15) is 11.5 Å². The van der Waals surface area contributed by atoms with E-state index in [1.165, 1.54) is 17.7 Å². The minimum absolute atomic E-state index is 0.171. The number of anilines is 1. The summed E-state index contributed by atoms with van der Waals surface area (Å²) in [6, 6.07) is 13.0. The molecule has 0 fully saturated rings. The molecule has 4 rings (SSSR count). The van der Waals surface area contributed by atoms with Crippen LogP contribution in [0.5, 0.6) is 0 Å². The zero-order valence-corrected chi connectivity index (χ0v) is 20.1. The molecule has 0 aliphatic rings. The van der Waals surface area contributed by atoms with E-state index in [1.807, 2.05) is 16.7 Å². The molecule has 1 aromatic carbocycles. The molecule has 0 radical (unpaired) electrons. The normalized spacial score (nSPS) is 12.2. The molecule has 0 aliphatic heterocycles. The number of aromatic nitrogens is 4. The van der Waals surface area contributed by atoms with Crippen molar-refractivity contribution in [3.8, 4) is 22.6 Å². The summed E-state index contributed by atoms with van der Waals surface area (Å²) in [6.45, 7) is 11.4. The Balaban J connectivity index is 1.87. The predicted molar refractivity (Wildman–Crippen MR) is 132 cm³/mol. The van der Waals surface area contributed by atoms with Gasteiger partial charge in [0, 0.05) is 36.1 Å². The van der Waals surface area contributed by atoms with E-state index in [0.717, 1.165) is 34.8 Å². The number of hydrogen-bond donors (Lipinski definition) is 1. The SMILES string of the molecule is CC(C)N(C)Cc1ccn2c(-c3ccnc(NC(C)(C)C)n3)c(-c3ccc(F)cc3)nc2c1. The number of nitrogens with one attached hydrogen (secondary N) is 1. The largest absolute Gasteiger partial charge is 0.350 e. The average Bonchev–Trinajstić information content (AvgIpc) is 3.12. The molecule has 6 nitrogen and oxygen atoms in total. The van der Waals surface area contributed by atoms with Gasteiger partial charge in [0.05, 0.1) is 17.1 Å². The molecule has 0 atom stereocenters. The predicted octanol–water partition coefficient (Wildman–Crippen LogP) is 5.65. The van der Waals surface area contributed by atoms with Crippen molar-refractivity contribution in [2.45, 2.75) is 52.7 Å². The first kappa shape index (κ1) is 22.9. The van der Waals surface area contributed by atoms with Crippen LogP contribution < -0.4 is 5.32 Å². The van der Waals surface area contributed by atoms with Gasteiger partial charge in [-0.3, -0.25) is 9.30 Å². The summed E-state index contributed by atoms with van der Waals surface area (Å²) in [5.74, 6) is 0.275. The topological polar surface area (TPSA) is 58.4 Å². The third-order valence-electron chi connectivity index (χ3n) is 5.51. The van der Waals surface area contributed by atoms with Crippen LogP contribution in [-0.4, -0.2) is 42.9 Å². The first-order valence-electron chi connectivity index (χ1n) is 11.2. The quantitative estimate of drug-likeness (QED) is 0.415. The lowest BCUT2D eigenvalue weighted by Crippen LogP contribution is -2.27. The van der Waals surface area contributed by atoms with Crippen molar-refractivity contribution < 1.29 is 4.39 Å². The van der Waals surface area contributed by atoms with Gasteiger partial charge in [-0.15, -0.1) is 0 Å². The van der Waals surface area contributed by atoms with Crippen LogP contribution in [0, 0.1) is 5.82 Å². The van der Waals surface area contributed by atoms with Crippen LogP contribution in [0.2, 0.25) is 0 Å². The Hall–Kier alpha value is -3.32. The van der Waals surface area contributed by atoms with Crippen molar-refractivity contribution >= 4 is 11.6 Å². The molecule has 172 valence electrons. The molecule has 0 unspecified atom stereocenters. The molecule has 0 saturated heterocycles. The number of nitrogens with zero attached hydrogens (tertiary/aromatic N) is 5. The number of halogens is 1. The summed E-state index contributed by atoms with van der Waals surface area (Å²) in [5, 5.41) is 3.33. The Bertz CT molecular complexity index is 1250. The second kappa shape index (κ2) is 8.90. The van der Waals surface area contributed by atoms with Crippen molar-refractivity contribution in [3.05, 3.63) is 66.2 Å². The van der Waals surface area contributed by atoms with Gasteiger partial charge in [0.25, 0.3) is 0 Å². The van der Waals surface area contributed by atoms with Crippen LogP contribution in [-0.2, 0) is 6.54 Å². The zero-order valence-electron chi connectivity index (χ0n) is 20.1. The molecule has 0 bridgehead atoms. The van der Waals surface area contributed by atoms with E-state index in [-0.39, 0.29) is 11.4 Å². The number of fused-ring (bicyclic) bond motifs is 1. The minimum Gasteiger partial charge on any atom is -0.350 e. The monoisotopic (exact) mass is 446 g/mol. The van der Waals surface area contributed by atoms with E-state index < -0.39 is 0 Å². The van der Waals surface area contributed by atoms with Crippen molar-refractivity contribution in [1.29, 1.82) is 0 Å². The fourth-order valence-corrected chi connectivity index (χ4v) is 3.60. The summed E-state index contributed by atoms with van der Waals surface area (Å²) >= 11 is 0. The van der Waals surface area contributed by atoms with Crippen LogP contribution in [0.4, 0.5) is 10.3 Å². The van der Waals surface area contributed by atoms with E-state index in [0.29, 0.717) is 12.0 Å². The zero-order chi connectivity index (χ0) is 23.8. The molecule has 4 aromatic rings. The van der Waals surface area contributed by atoms with Gasteiger partial charge in [0.15, 0.2) is 0 Å². The molecule has 7 heteroatoms. The highest BCUT2D eigenvalue weighted by Gasteiger charge is 2.19. The highest BCUT2D eigenvalue weighted by atomic mass is 19.1. The van der Waals surface area contributed by atoms with Gasteiger partial charge < -0.3 is 5.32 Å². The Morgan fingerprint density at radius 1 is 1.06 bits per heavy atom. The fraction of sp³-hybridized carbons (Fsp3) is 0.346. The minimum atomic E-state index is -0.276. The highest BCUT2D eigenvalue weighted by Crippen LogP contribution is 2.32. The van der Waals surface area contributed by atoms with E-state index in [4.69, 9.17) is 9.97 Å². The number of hydrogen-bond acceptors (Lipinski definition) is 5. The van der Waals surface area contributed by atoms with Crippen LogP contribution in [0.25, 0.3) is 28.3 Å². The number of benzene rings is 1. The number of imidazole rings is 1. The fourth-order valence-electron chi connectivity index (χ4n) is 3.60. The summed E-state index contributed by atoms with van der Waals surface area (Å²) in [7, 11) is 2.11. The van der Waals surface area contributed by atoms with Gasteiger partial charge in [0.2, 0.25) is 5.95 Å². The summed E-state index contributed by atoms with van der Waals surface area (Å²) in [5.41, 5.74) is 5.01. The first-order valence-corrected chi connectivity index (χ1v) is 11.2. The molecular weight excluding hydrogens is 415 g/mol. The van der Waals surface area contributed by atoms with Crippen molar-refractivity contribution in [2.24, 2.45) is 0 Å². The van der Waals surface area contributed by atoms with Crippen molar-refractivity contribution in [1.82, 2.24) is 24.3 Å². The smallest absolute Gasteiger partial charge is 0.223 e. The van der Waals surface area contributed by atoms with Crippen LogP contribution in [0.15, 0.2) is 54.9 Å². The van der Waals surface area contributed by atoms with Gasteiger partial charge in [-0.2, -0.15) is 0 Å². The first-order chi connectivity index (χ1) is 15.6. The van der Waals surface area contributed by atoms with E-state index in [9.17, 15) is 4.39 Å². The Kier molecular flexibility index (Phi) is 6.17. The standard InChI is InChI=1S/C26H31FN6/c1-17(2)32(6)16-18-12-14-33-22(15-18)30-23(19-7-9-20(27)10-8-19)24(33)21-11-13-28-25(29-21)31-26(3,4)5/h7-15,17H,16H2,1-6H3,(H,28,29,31). The van der Waals surface area contributed by atoms with Gasteiger partial charge in [-0.25, -0.2) is 19.3 Å².